The van der Waals surface area contributed by atoms with Crippen LogP contribution in [0.3, 0.4) is 0 Å². The lowest BCUT2D eigenvalue weighted by Crippen LogP contribution is -2.83. The van der Waals surface area contributed by atoms with E-state index in [-0.39, 0.29) is 18.6 Å². The molecule has 1 spiro atoms. The van der Waals surface area contributed by atoms with Gasteiger partial charge >= 0.3 is 23.4 Å². The van der Waals surface area contributed by atoms with Crippen LogP contribution in [0.5, 0.6) is 0 Å². The Hall–Kier alpha value is -3.46. The number of esters is 2. The van der Waals surface area contributed by atoms with Crippen LogP contribution in [-0.4, -0.2) is 102 Å². The molecule has 2 aliphatic heterocycles. The number of ketones is 1. The number of ether oxygens (including phenoxy) is 7. The summed E-state index contributed by atoms with van der Waals surface area (Å²) < 4.78 is 42.4. The number of fused-ring (bicyclic) bond motifs is 4. The van der Waals surface area contributed by atoms with Crippen molar-refractivity contribution in [3.05, 3.63) is 47.0 Å². The summed E-state index contributed by atoms with van der Waals surface area (Å²) in [6.07, 6.45) is -9.27. The smallest absolute Gasteiger partial charge is 0.454 e. The van der Waals surface area contributed by atoms with Crippen molar-refractivity contribution in [3.63, 3.8) is 0 Å². The molecule has 260 valence electrons. The fourth-order valence-electron chi connectivity index (χ4n) is 9.01. The number of aliphatic hydroxyl groups excluding tert-OH is 1. The van der Waals surface area contributed by atoms with Gasteiger partial charge in [-0.2, -0.15) is 0 Å². The molecule has 2 saturated carbocycles. The number of thioether (sulfide) groups is 1. The molecule has 14 heteroatoms. The number of carbonyl (C=O) groups is 5. The number of carbonyl (C=O) groups excluding carboxylic acids is 5. The molecular formula is C34H40O13S. The van der Waals surface area contributed by atoms with Gasteiger partial charge in [-0.3, -0.25) is 9.59 Å². The van der Waals surface area contributed by atoms with Crippen LogP contribution in [0, 0.1) is 16.7 Å². The van der Waals surface area contributed by atoms with E-state index in [0.29, 0.717) is 16.9 Å². The maximum Gasteiger partial charge on any atom is 0.509 e. The molecule has 2 saturated heterocycles. The van der Waals surface area contributed by atoms with E-state index in [4.69, 9.17) is 33.2 Å². The summed E-state index contributed by atoms with van der Waals surface area (Å²) in [6, 6.07) is 8.06. The number of rotatable bonds is 6. The Morgan fingerprint density at radius 2 is 1.77 bits per heavy atom. The highest BCUT2D eigenvalue weighted by molar-refractivity contribution is 8.13. The van der Waals surface area contributed by atoms with Crippen molar-refractivity contribution >= 4 is 40.9 Å². The highest BCUT2D eigenvalue weighted by Crippen LogP contribution is 2.67. The van der Waals surface area contributed by atoms with E-state index >= 15 is 4.79 Å². The monoisotopic (exact) mass is 688 g/mol. The van der Waals surface area contributed by atoms with Crippen LogP contribution in [0.1, 0.15) is 58.3 Å². The Kier molecular flexibility index (Phi) is 8.49. The molecule has 5 aliphatic rings. The van der Waals surface area contributed by atoms with Crippen molar-refractivity contribution in [1.29, 1.82) is 0 Å². The van der Waals surface area contributed by atoms with Gasteiger partial charge in [0.15, 0.2) is 23.6 Å². The molecule has 0 radical (unpaired) electrons. The van der Waals surface area contributed by atoms with Gasteiger partial charge in [0.2, 0.25) is 5.60 Å². The van der Waals surface area contributed by atoms with Gasteiger partial charge in [-0.05, 0) is 48.9 Å². The van der Waals surface area contributed by atoms with Gasteiger partial charge in [-0.25, -0.2) is 14.4 Å². The number of hydrogen-bond donors (Lipinski definition) is 1. The topological polar surface area (TPSA) is 170 Å². The molecule has 0 aromatic heterocycles. The molecule has 4 fully saturated rings. The molecule has 13 nitrogen and oxygen atoms in total. The summed E-state index contributed by atoms with van der Waals surface area (Å²) in [4.78, 5) is 68.8. The average Bonchev–Trinajstić information content (AvgIpc) is 3.40. The van der Waals surface area contributed by atoms with Gasteiger partial charge in [-0.1, -0.05) is 39.0 Å². The minimum atomic E-state index is -2.02. The van der Waals surface area contributed by atoms with Crippen molar-refractivity contribution < 1.29 is 62.2 Å². The molecular weight excluding hydrogens is 648 g/mol. The summed E-state index contributed by atoms with van der Waals surface area (Å²) in [7, 11) is 1.34. The minimum absolute atomic E-state index is 0.0470. The van der Waals surface area contributed by atoms with Crippen LogP contribution in [0.4, 0.5) is 9.59 Å². The Balaban J connectivity index is 1.71. The summed E-state index contributed by atoms with van der Waals surface area (Å²) in [6.45, 7) is 9.33. The van der Waals surface area contributed by atoms with E-state index in [1.54, 1.807) is 52.8 Å². The van der Waals surface area contributed by atoms with E-state index in [9.17, 15) is 24.3 Å². The SMILES string of the molecule is CCSC(=O)O[C@H]1C[C@H]2OC[C@@]2(OC(C)=O)[C@H]2[C@H](OC(=O)c3ccccc3)[C@]34OC(=O)O[C@H]3[C@H](O)C(C)=C([C@@H](OC)C(=O)[C@]12C)C4(C)C. The molecule has 2 heterocycles. The molecule has 10 atom stereocenters. The van der Waals surface area contributed by atoms with Crippen molar-refractivity contribution in [2.24, 2.45) is 16.7 Å². The maximum atomic E-state index is 15.3. The fraction of sp³-hybridized carbons (Fsp3) is 0.618. The molecule has 0 unspecified atom stereocenters. The normalized spacial score (nSPS) is 39.2. The zero-order valence-electron chi connectivity index (χ0n) is 27.8. The van der Waals surface area contributed by atoms with Crippen LogP contribution < -0.4 is 0 Å². The Bertz CT molecular complexity index is 1570. The predicted octanol–water partition coefficient (Wildman–Crippen LogP) is 3.79. The van der Waals surface area contributed by atoms with Crippen molar-refractivity contribution in [1.82, 2.24) is 0 Å². The lowest BCUT2D eigenvalue weighted by molar-refractivity contribution is -0.344. The first-order valence-corrected chi connectivity index (χ1v) is 16.9. The third-order valence-corrected chi connectivity index (χ3v) is 11.7. The number of hydrogen-bond acceptors (Lipinski definition) is 14. The number of benzene rings is 1. The number of Topliss-reactive ketones (excluding diaryl/α,β-unsaturated/α-hetero) is 1. The first kappa shape index (κ1) is 34.4. The molecule has 6 rings (SSSR count). The second kappa shape index (κ2) is 11.9. The Labute approximate surface area is 281 Å². The molecule has 3 aliphatic carbocycles. The summed E-state index contributed by atoms with van der Waals surface area (Å²) in [5.74, 6) is -3.11. The average molecular weight is 689 g/mol. The molecule has 48 heavy (non-hydrogen) atoms. The van der Waals surface area contributed by atoms with E-state index in [2.05, 4.69) is 0 Å². The Morgan fingerprint density at radius 1 is 1.08 bits per heavy atom. The zero-order chi connectivity index (χ0) is 35.0. The number of aliphatic hydroxyl groups is 1. The van der Waals surface area contributed by atoms with Gasteiger partial charge in [0, 0.05) is 31.6 Å². The van der Waals surface area contributed by atoms with Crippen LogP contribution in [0.15, 0.2) is 41.5 Å². The van der Waals surface area contributed by atoms with E-state index in [0.717, 1.165) is 11.8 Å². The zero-order valence-corrected chi connectivity index (χ0v) is 28.6. The first-order chi connectivity index (χ1) is 22.6. The lowest BCUT2D eigenvalue weighted by atomic mass is 9.44. The summed E-state index contributed by atoms with van der Waals surface area (Å²) >= 11 is 0.903. The quantitative estimate of drug-likeness (QED) is 0.260. The fourth-order valence-corrected chi connectivity index (χ4v) is 9.43. The highest BCUT2D eigenvalue weighted by atomic mass is 32.2. The standard InChI is InChI=1S/C34H40O13S/c1-8-48-30(40)43-19-14-20-33(15-42-20,46-17(3)35)24-27(44-28(38)18-12-10-9-11-13-18)34-26(45-29(39)47-34)22(36)16(2)21(31(34,4)5)23(41-7)25(37)32(19,24)6/h9-13,19-20,22-24,26-27,36H,8,14-15H2,1-7H3/t19-,20+,22+,23+,24-,26-,27-,32+,33-,34+/m0/s1. The minimum Gasteiger partial charge on any atom is -0.454 e. The van der Waals surface area contributed by atoms with Gasteiger partial charge in [0.1, 0.15) is 24.4 Å². The molecule has 2 bridgehead atoms. The lowest BCUT2D eigenvalue weighted by Gasteiger charge is -2.67. The van der Waals surface area contributed by atoms with Crippen LogP contribution in [0.25, 0.3) is 0 Å². The second-order valence-corrected chi connectivity index (χ2v) is 14.9. The van der Waals surface area contributed by atoms with Crippen LogP contribution in [0.2, 0.25) is 0 Å². The van der Waals surface area contributed by atoms with E-state index < -0.39 is 93.8 Å². The van der Waals surface area contributed by atoms with Crippen LogP contribution >= 0.6 is 11.8 Å². The predicted molar refractivity (Wildman–Crippen MR) is 167 cm³/mol. The summed E-state index contributed by atoms with van der Waals surface area (Å²) in [5.41, 5.74) is -6.16. The van der Waals surface area contributed by atoms with Crippen molar-refractivity contribution in [3.8, 4) is 0 Å². The highest BCUT2D eigenvalue weighted by Gasteiger charge is 2.83. The van der Waals surface area contributed by atoms with Gasteiger partial charge in [0.25, 0.3) is 0 Å². The van der Waals surface area contributed by atoms with Gasteiger partial charge in [-0.15, -0.1) is 0 Å². The number of methoxy groups -OCH3 is 1. The van der Waals surface area contributed by atoms with Gasteiger partial charge < -0.3 is 38.3 Å². The molecule has 0 amide bonds. The largest absolute Gasteiger partial charge is 0.509 e. The Morgan fingerprint density at radius 3 is 2.35 bits per heavy atom. The van der Waals surface area contributed by atoms with E-state index in [1.807, 2.05) is 0 Å². The van der Waals surface area contributed by atoms with Crippen LogP contribution in [-0.2, 0) is 42.7 Å². The third kappa shape index (κ3) is 4.58. The molecule has 1 N–H and O–H groups in total. The second-order valence-electron chi connectivity index (χ2n) is 13.7. The van der Waals surface area contributed by atoms with Gasteiger partial charge in [0.05, 0.1) is 23.5 Å². The molecule has 1 aromatic carbocycles. The van der Waals surface area contributed by atoms with Crippen molar-refractivity contribution in [2.45, 2.75) is 95.8 Å². The first-order valence-electron chi connectivity index (χ1n) is 15.9. The maximum absolute atomic E-state index is 15.3. The van der Waals surface area contributed by atoms with E-state index in [1.165, 1.54) is 26.2 Å². The summed E-state index contributed by atoms with van der Waals surface area (Å²) in [5, 5.41) is 11.2. The molecule has 1 aromatic rings. The third-order valence-electron chi connectivity index (χ3n) is 11.1. The van der Waals surface area contributed by atoms with Crippen molar-refractivity contribution in [2.75, 3.05) is 19.5 Å².